The largest absolute Gasteiger partial charge is 0.388 e. The second kappa shape index (κ2) is 6.61. The molecule has 0 saturated carbocycles. The van der Waals surface area contributed by atoms with E-state index in [1.165, 1.54) is 25.9 Å². The maximum absolute atomic E-state index is 5.53. The lowest BCUT2D eigenvalue weighted by molar-refractivity contribution is 0.337. The fourth-order valence-electron chi connectivity index (χ4n) is 2.09. The maximum Gasteiger partial charge on any atom is 0.223 e. The van der Waals surface area contributed by atoms with Crippen LogP contribution in [0.25, 0.3) is 0 Å². The maximum atomic E-state index is 5.53. The van der Waals surface area contributed by atoms with E-state index in [1.54, 1.807) is 12.3 Å². The van der Waals surface area contributed by atoms with Crippen LogP contribution < -0.4 is 11.1 Å². The third-order valence-corrected chi connectivity index (χ3v) is 3.25. The summed E-state index contributed by atoms with van der Waals surface area (Å²) in [5.41, 5.74) is 6.14. The first-order chi connectivity index (χ1) is 8.75. The van der Waals surface area contributed by atoms with Crippen molar-refractivity contribution in [3.63, 3.8) is 0 Å². The van der Waals surface area contributed by atoms with Crippen LogP contribution in [0.1, 0.15) is 25.0 Å². The Labute approximate surface area is 113 Å². The van der Waals surface area contributed by atoms with Gasteiger partial charge in [0.05, 0.1) is 0 Å². The first kappa shape index (κ1) is 13.2. The van der Waals surface area contributed by atoms with Crippen molar-refractivity contribution in [1.82, 2.24) is 14.9 Å². The van der Waals surface area contributed by atoms with Gasteiger partial charge in [-0.2, -0.15) is 0 Å². The Morgan fingerprint density at radius 2 is 2.22 bits per heavy atom. The van der Waals surface area contributed by atoms with Gasteiger partial charge in [-0.3, -0.25) is 0 Å². The highest BCUT2D eigenvalue weighted by Gasteiger charge is 2.10. The highest BCUT2D eigenvalue weighted by Crippen LogP contribution is 2.07. The molecule has 2 rings (SSSR count). The molecule has 1 saturated heterocycles. The van der Waals surface area contributed by atoms with E-state index in [4.69, 9.17) is 18.0 Å². The Balaban J connectivity index is 1.72. The molecule has 0 bridgehead atoms. The predicted octanol–water partition coefficient (Wildman–Crippen LogP) is 1.01. The number of nitrogens with two attached hydrogens (primary N) is 1. The van der Waals surface area contributed by atoms with Crippen LogP contribution >= 0.6 is 12.2 Å². The smallest absolute Gasteiger partial charge is 0.223 e. The Bertz CT molecular complexity index is 403. The minimum Gasteiger partial charge on any atom is -0.388 e. The fraction of sp³-hybridized carbons (Fsp3) is 0.583. The van der Waals surface area contributed by atoms with Gasteiger partial charge in [0.1, 0.15) is 10.7 Å². The van der Waals surface area contributed by atoms with E-state index in [0.717, 1.165) is 19.5 Å². The molecule has 0 aromatic carbocycles. The van der Waals surface area contributed by atoms with Crippen LogP contribution in [0.15, 0.2) is 12.3 Å². The van der Waals surface area contributed by atoms with Crippen molar-refractivity contribution in [2.24, 2.45) is 5.73 Å². The average molecular weight is 265 g/mol. The zero-order valence-corrected chi connectivity index (χ0v) is 11.2. The first-order valence-corrected chi connectivity index (χ1v) is 6.75. The average Bonchev–Trinajstić information content (AvgIpc) is 2.88. The second-order valence-corrected chi connectivity index (χ2v) is 4.90. The Kier molecular flexibility index (Phi) is 4.83. The predicted molar refractivity (Wildman–Crippen MR) is 76.7 cm³/mol. The molecule has 3 N–H and O–H groups in total. The number of thiocarbonyl (C=S) groups is 1. The van der Waals surface area contributed by atoms with Gasteiger partial charge in [0.2, 0.25) is 5.95 Å². The summed E-state index contributed by atoms with van der Waals surface area (Å²) in [7, 11) is 0. The van der Waals surface area contributed by atoms with Crippen molar-refractivity contribution >= 4 is 23.2 Å². The van der Waals surface area contributed by atoms with Crippen molar-refractivity contribution < 1.29 is 0 Å². The third-order valence-electron chi connectivity index (χ3n) is 3.04. The molecule has 18 heavy (non-hydrogen) atoms. The molecule has 1 aliphatic heterocycles. The first-order valence-electron chi connectivity index (χ1n) is 6.35. The fourth-order valence-corrected chi connectivity index (χ4v) is 2.20. The highest BCUT2D eigenvalue weighted by molar-refractivity contribution is 7.80. The molecule has 1 aromatic heterocycles. The van der Waals surface area contributed by atoms with Crippen molar-refractivity contribution in [2.45, 2.75) is 19.3 Å². The molecule has 0 spiro atoms. The minimum absolute atomic E-state index is 0.303. The van der Waals surface area contributed by atoms with E-state index in [-0.39, 0.29) is 0 Å². The van der Waals surface area contributed by atoms with E-state index in [9.17, 15) is 0 Å². The van der Waals surface area contributed by atoms with Crippen LogP contribution in [-0.2, 0) is 0 Å². The highest BCUT2D eigenvalue weighted by atomic mass is 32.1. The number of aromatic nitrogens is 2. The zero-order chi connectivity index (χ0) is 12.8. The molecule has 0 amide bonds. The molecule has 2 heterocycles. The van der Waals surface area contributed by atoms with E-state index < -0.39 is 0 Å². The summed E-state index contributed by atoms with van der Waals surface area (Å²) in [5.74, 6) is 0.599. The van der Waals surface area contributed by atoms with Gasteiger partial charge >= 0.3 is 0 Å². The Hall–Kier alpha value is -1.27. The molecule has 0 radical (unpaired) electrons. The van der Waals surface area contributed by atoms with Gasteiger partial charge in [-0.05, 0) is 45.0 Å². The summed E-state index contributed by atoms with van der Waals surface area (Å²) in [6.45, 7) is 4.50. The zero-order valence-electron chi connectivity index (χ0n) is 10.4. The number of hydrogen-bond acceptors (Lipinski definition) is 5. The summed E-state index contributed by atoms with van der Waals surface area (Å²) in [6, 6.07) is 1.72. The Morgan fingerprint density at radius 3 is 2.94 bits per heavy atom. The summed E-state index contributed by atoms with van der Waals surface area (Å²) in [4.78, 5) is 11.2. The summed E-state index contributed by atoms with van der Waals surface area (Å²) >= 11 is 4.88. The molecule has 1 aromatic rings. The topological polar surface area (TPSA) is 67.1 Å². The van der Waals surface area contributed by atoms with Gasteiger partial charge in [-0.25, -0.2) is 9.97 Å². The molecule has 0 atom stereocenters. The molecule has 6 heteroatoms. The molecule has 98 valence electrons. The monoisotopic (exact) mass is 265 g/mol. The van der Waals surface area contributed by atoms with Crippen molar-refractivity contribution in [3.8, 4) is 0 Å². The third kappa shape index (κ3) is 3.89. The molecule has 1 fully saturated rings. The molecule has 0 aliphatic carbocycles. The lowest BCUT2D eigenvalue weighted by atomic mass is 10.4. The Morgan fingerprint density at radius 1 is 1.44 bits per heavy atom. The van der Waals surface area contributed by atoms with Crippen LogP contribution in [0.2, 0.25) is 0 Å². The van der Waals surface area contributed by atoms with Crippen LogP contribution in [0.5, 0.6) is 0 Å². The van der Waals surface area contributed by atoms with Gasteiger partial charge in [0.15, 0.2) is 0 Å². The van der Waals surface area contributed by atoms with Crippen molar-refractivity contribution in [2.75, 3.05) is 31.5 Å². The lowest BCUT2D eigenvalue weighted by Gasteiger charge is -2.14. The van der Waals surface area contributed by atoms with Crippen LogP contribution in [-0.4, -0.2) is 46.0 Å². The van der Waals surface area contributed by atoms with E-state index in [2.05, 4.69) is 20.2 Å². The van der Waals surface area contributed by atoms with Crippen molar-refractivity contribution in [1.29, 1.82) is 0 Å². The number of nitrogens with one attached hydrogen (secondary N) is 1. The normalized spacial score (nSPS) is 15.8. The molecule has 5 nitrogen and oxygen atoms in total. The minimum atomic E-state index is 0.303. The quantitative estimate of drug-likeness (QED) is 0.591. The van der Waals surface area contributed by atoms with E-state index >= 15 is 0 Å². The van der Waals surface area contributed by atoms with Crippen LogP contribution in [0.4, 0.5) is 5.95 Å². The van der Waals surface area contributed by atoms with Gasteiger partial charge in [0, 0.05) is 12.7 Å². The van der Waals surface area contributed by atoms with E-state index in [1.807, 2.05) is 0 Å². The molecule has 0 unspecified atom stereocenters. The lowest BCUT2D eigenvalue weighted by Crippen LogP contribution is -2.22. The number of nitrogens with zero attached hydrogens (tertiary/aromatic N) is 3. The number of rotatable bonds is 6. The second-order valence-electron chi connectivity index (χ2n) is 4.46. The standard InChI is InChI=1S/C12H19N5S/c13-11(18)10-4-6-15-12(16-10)14-5-3-9-17-7-1-2-8-17/h4,6H,1-3,5,7-9H2,(H2,13,18)(H,14,15,16). The SMILES string of the molecule is NC(=S)c1ccnc(NCCCN2CCCC2)n1. The summed E-state index contributed by atoms with van der Waals surface area (Å²) < 4.78 is 0. The number of likely N-dealkylation sites (tertiary alicyclic amines) is 1. The van der Waals surface area contributed by atoms with Gasteiger partial charge < -0.3 is 16.0 Å². The summed E-state index contributed by atoms with van der Waals surface area (Å²) in [6.07, 6.45) is 5.45. The number of anilines is 1. The van der Waals surface area contributed by atoms with Crippen molar-refractivity contribution in [3.05, 3.63) is 18.0 Å². The summed E-state index contributed by atoms with van der Waals surface area (Å²) in [5, 5.41) is 3.20. The van der Waals surface area contributed by atoms with Crippen LogP contribution in [0, 0.1) is 0 Å². The molecular formula is C12H19N5S. The van der Waals surface area contributed by atoms with Gasteiger partial charge in [-0.1, -0.05) is 12.2 Å². The van der Waals surface area contributed by atoms with Crippen LogP contribution in [0.3, 0.4) is 0 Å². The molecule has 1 aliphatic rings. The van der Waals surface area contributed by atoms with Gasteiger partial charge in [0.25, 0.3) is 0 Å². The number of hydrogen-bond donors (Lipinski definition) is 2. The van der Waals surface area contributed by atoms with E-state index in [0.29, 0.717) is 16.6 Å². The van der Waals surface area contributed by atoms with Gasteiger partial charge in [-0.15, -0.1) is 0 Å². The molecular weight excluding hydrogens is 246 g/mol.